The molecule has 0 radical (unpaired) electrons. The molecule has 0 aliphatic carbocycles. The molecule has 1 fully saturated rings. The predicted octanol–water partition coefficient (Wildman–Crippen LogP) is 3.05. The van der Waals surface area contributed by atoms with Gasteiger partial charge in [0.05, 0.1) is 25.4 Å². The molecule has 2 rings (SSSR count). The minimum Gasteiger partial charge on any atom is -0.394 e. The van der Waals surface area contributed by atoms with E-state index < -0.39 is 5.79 Å². The third-order valence-electron chi connectivity index (χ3n) is 3.60. The van der Waals surface area contributed by atoms with Gasteiger partial charge < -0.3 is 19.3 Å². The first-order chi connectivity index (χ1) is 10.5. The topological polar surface area (TPSA) is 47.9 Å². The van der Waals surface area contributed by atoms with Gasteiger partial charge in [0.25, 0.3) is 0 Å². The van der Waals surface area contributed by atoms with Crippen molar-refractivity contribution in [2.75, 3.05) is 6.61 Å². The highest BCUT2D eigenvalue weighted by atomic mass is 16.8. The summed E-state index contributed by atoms with van der Waals surface area (Å²) < 4.78 is 17.2. The second-order valence-corrected chi connectivity index (χ2v) is 6.06. The molecule has 0 spiro atoms. The second-order valence-electron chi connectivity index (χ2n) is 6.06. The molecule has 1 saturated heterocycles. The molecular weight excluding hydrogens is 280 g/mol. The number of ether oxygens (including phenoxy) is 3. The molecule has 4 heteroatoms. The predicted molar refractivity (Wildman–Crippen MR) is 85.4 cm³/mol. The molecule has 1 N–H and O–H groups in total. The molecular formula is C18H26O4. The smallest absolute Gasteiger partial charge is 0.163 e. The van der Waals surface area contributed by atoms with Gasteiger partial charge in [0, 0.05) is 0 Å². The van der Waals surface area contributed by atoms with Crippen LogP contribution in [0.25, 0.3) is 0 Å². The number of hydrogen-bond donors (Lipinski definition) is 1. The van der Waals surface area contributed by atoms with Crippen molar-refractivity contribution in [3.05, 3.63) is 48.0 Å². The molecule has 0 bridgehead atoms. The average molecular weight is 306 g/mol. The van der Waals surface area contributed by atoms with Gasteiger partial charge in [-0.2, -0.15) is 0 Å². The normalized spacial score (nSPS) is 25.6. The lowest BCUT2D eigenvalue weighted by atomic mass is 10.1. The first-order valence-corrected chi connectivity index (χ1v) is 7.79. The summed E-state index contributed by atoms with van der Waals surface area (Å²) in [5, 5.41) is 9.33. The van der Waals surface area contributed by atoms with Crippen molar-refractivity contribution < 1.29 is 19.3 Å². The van der Waals surface area contributed by atoms with Gasteiger partial charge in [0.15, 0.2) is 5.79 Å². The fourth-order valence-electron chi connectivity index (χ4n) is 2.53. The first kappa shape index (κ1) is 17.2. The maximum atomic E-state index is 9.33. The standard InChI is InChI=1S/C18H26O4/c1-14(20-13-15-9-5-4-6-10-15)8-7-11-16-17(12-19)22-18(2,3)21-16/h4-10,14,16-17,19H,11-13H2,1-3H3/b8-7-/t14-,16-,17+/m0/s1. The van der Waals surface area contributed by atoms with Crippen LogP contribution < -0.4 is 0 Å². The molecule has 0 saturated carbocycles. The van der Waals surface area contributed by atoms with Crippen molar-refractivity contribution in [3.63, 3.8) is 0 Å². The van der Waals surface area contributed by atoms with Crippen LogP contribution in [0.15, 0.2) is 42.5 Å². The molecule has 1 aromatic carbocycles. The summed E-state index contributed by atoms with van der Waals surface area (Å²) in [6, 6.07) is 10.1. The quantitative estimate of drug-likeness (QED) is 0.787. The highest BCUT2D eigenvalue weighted by Crippen LogP contribution is 2.29. The zero-order valence-corrected chi connectivity index (χ0v) is 13.6. The maximum absolute atomic E-state index is 9.33. The van der Waals surface area contributed by atoms with E-state index in [1.165, 1.54) is 0 Å². The minimum absolute atomic E-state index is 0.0258. The lowest BCUT2D eigenvalue weighted by Crippen LogP contribution is -2.25. The third-order valence-corrected chi connectivity index (χ3v) is 3.60. The van der Waals surface area contributed by atoms with Crippen LogP contribution >= 0.6 is 0 Å². The first-order valence-electron chi connectivity index (χ1n) is 7.79. The molecule has 1 aliphatic rings. The van der Waals surface area contributed by atoms with E-state index in [0.717, 1.165) is 5.56 Å². The zero-order chi connectivity index (χ0) is 16.0. The lowest BCUT2D eigenvalue weighted by Gasteiger charge is -2.16. The fourth-order valence-corrected chi connectivity index (χ4v) is 2.53. The van der Waals surface area contributed by atoms with E-state index in [0.29, 0.717) is 13.0 Å². The van der Waals surface area contributed by atoms with Gasteiger partial charge in [-0.05, 0) is 32.8 Å². The molecule has 1 aromatic rings. The molecule has 3 atom stereocenters. The molecule has 1 heterocycles. The molecule has 0 aromatic heterocycles. The van der Waals surface area contributed by atoms with Crippen molar-refractivity contribution in [3.8, 4) is 0 Å². The highest BCUT2D eigenvalue weighted by molar-refractivity contribution is 5.13. The van der Waals surface area contributed by atoms with Gasteiger partial charge in [-0.3, -0.25) is 0 Å². The summed E-state index contributed by atoms with van der Waals surface area (Å²) in [4.78, 5) is 0. The van der Waals surface area contributed by atoms with Gasteiger partial charge in [-0.1, -0.05) is 42.5 Å². The zero-order valence-electron chi connectivity index (χ0n) is 13.6. The molecule has 1 aliphatic heterocycles. The van der Waals surface area contributed by atoms with Gasteiger partial charge in [-0.15, -0.1) is 0 Å². The number of aliphatic hydroxyl groups excluding tert-OH is 1. The number of aliphatic hydroxyl groups is 1. The fraction of sp³-hybridized carbons (Fsp3) is 0.556. The Morgan fingerprint density at radius 1 is 1.23 bits per heavy atom. The average Bonchev–Trinajstić information content (AvgIpc) is 2.80. The van der Waals surface area contributed by atoms with Crippen LogP contribution in [0.1, 0.15) is 32.8 Å². The Hall–Kier alpha value is -1.20. The number of rotatable bonds is 7. The monoisotopic (exact) mass is 306 g/mol. The van der Waals surface area contributed by atoms with E-state index >= 15 is 0 Å². The molecule has 4 nitrogen and oxygen atoms in total. The van der Waals surface area contributed by atoms with E-state index in [1.807, 2.05) is 63.3 Å². The summed E-state index contributed by atoms with van der Waals surface area (Å²) in [7, 11) is 0. The molecule has 0 unspecified atom stereocenters. The van der Waals surface area contributed by atoms with Crippen molar-refractivity contribution in [1.82, 2.24) is 0 Å². The van der Waals surface area contributed by atoms with Crippen LogP contribution in [-0.2, 0) is 20.8 Å². The van der Waals surface area contributed by atoms with E-state index in [4.69, 9.17) is 14.2 Å². The third kappa shape index (κ3) is 5.21. The highest BCUT2D eigenvalue weighted by Gasteiger charge is 2.39. The Bertz CT molecular complexity index is 469. The van der Waals surface area contributed by atoms with Crippen molar-refractivity contribution in [2.24, 2.45) is 0 Å². The molecule has 22 heavy (non-hydrogen) atoms. The van der Waals surface area contributed by atoms with Crippen LogP contribution in [-0.4, -0.2) is 35.8 Å². The SMILES string of the molecule is C[C@@H](/C=C\C[C@@H]1OC(C)(C)O[C@@H]1CO)OCc1ccccc1. The Balaban J connectivity index is 1.74. The van der Waals surface area contributed by atoms with Gasteiger partial charge in [0.1, 0.15) is 6.10 Å². The summed E-state index contributed by atoms with van der Waals surface area (Å²) in [6.45, 7) is 6.32. The number of hydrogen-bond acceptors (Lipinski definition) is 4. The Morgan fingerprint density at radius 3 is 2.59 bits per heavy atom. The molecule has 0 amide bonds. The Kier molecular flexibility index (Phi) is 6.15. The van der Waals surface area contributed by atoms with E-state index in [1.54, 1.807) is 0 Å². The van der Waals surface area contributed by atoms with E-state index in [2.05, 4.69) is 0 Å². The van der Waals surface area contributed by atoms with Crippen molar-refractivity contribution in [2.45, 2.75) is 57.9 Å². The Labute approximate surface area is 132 Å². The lowest BCUT2D eigenvalue weighted by molar-refractivity contribution is -0.148. The van der Waals surface area contributed by atoms with Crippen molar-refractivity contribution in [1.29, 1.82) is 0 Å². The summed E-state index contributed by atoms with van der Waals surface area (Å²) >= 11 is 0. The van der Waals surface area contributed by atoms with Crippen molar-refractivity contribution >= 4 is 0 Å². The largest absolute Gasteiger partial charge is 0.394 e. The summed E-state index contributed by atoms with van der Waals surface area (Å²) in [5.74, 6) is -0.624. The number of benzene rings is 1. The summed E-state index contributed by atoms with van der Waals surface area (Å²) in [5.41, 5.74) is 1.16. The van der Waals surface area contributed by atoms with Gasteiger partial charge in [0.2, 0.25) is 0 Å². The van der Waals surface area contributed by atoms with Gasteiger partial charge >= 0.3 is 0 Å². The van der Waals surface area contributed by atoms with Crippen LogP contribution in [0, 0.1) is 0 Å². The minimum atomic E-state index is -0.624. The van der Waals surface area contributed by atoms with Gasteiger partial charge in [-0.25, -0.2) is 0 Å². The van der Waals surface area contributed by atoms with E-state index in [9.17, 15) is 5.11 Å². The van der Waals surface area contributed by atoms with Crippen LogP contribution in [0.5, 0.6) is 0 Å². The van der Waals surface area contributed by atoms with E-state index in [-0.39, 0.29) is 24.9 Å². The van der Waals surface area contributed by atoms with Crippen LogP contribution in [0.3, 0.4) is 0 Å². The maximum Gasteiger partial charge on any atom is 0.163 e. The summed E-state index contributed by atoms with van der Waals surface area (Å²) in [6.07, 6.45) is 4.41. The molecule has 122 valence electrons. The van der Waals surface area contributed by atoms with Crippen LogP contribution in [0.2, 0.25) is 0 Å². The second kappa shape index (κ2) is 7.88. The Morgan fingerprint density at radius 2 is 1.91 bits per heavy atom. The van der Waals surface area contributed by atoms with Crippen LogP contribution in [0.4, 0.5) is 0 Å².